The predicted molar refractivity (Wildman–Crippen MR) is 58.0 cm³/mol. The van der Waals surface area contributed by atoms with Crippen LogP contribution >= 0.6 is 0 Å². The summed E-state index contributed by atoms with van der Waals surface area (Å²) in [6.45, 7) is 6.69. The van der Waals surface area contributed by atoms with E-state index in [1.54, 1.807) is 0 Å². The van der Waals surface area contributed by atoms with E-state index in [4.69, 9.17) is 0 Å². The molecule has 1 aromatic heterocycles. The largest absolute Gasteiger partial charge is 1.00 e. The molecule has 1 aliphatic rings. The van der Waals surface area contributed by atoms with Crippen molar-refractivity contribution >= 4 is 11.8 Å². The molecule has 2 heteroatoms. The number of rotatable bonds is 2. The summed E-state index contributed by atoms with van der Waals surface area (Å²) < 4.78 is 0. The molecule has 1 aromatic rings. The van der Waals surface area contributed by atoms with Gasteiger partial charge in [-0.1, -0.05) is 26.0 Å². The summed E-state index contributed by atoms with van der Waals surface area (Å²) in [5.41, 5.74) is 2.66. The Morgan fingerprint density at radius 2 is 2.38 bits per heavy atom. The summed E-state index contributed by atoms with van der Waals surface area (Å²) in [4.78, 5) is 5.56. The molecule has 0 saturated carbocycles. The van der Waals surface area contributed by atoms with Crippen LogP contribution in [0, 0.1) is 5.92 Å². The summed E-state index contributed by atoms with van der Waals surface area (Å²) in [6.07, 6.45) is 8.54. The van der Waals surface area contributed by atoms with Gasteiger partial charge in [0.05, 0.1) is 5.69 Å². The topological polar surface area (TPSA) is 19.0 Å². The second kappa shape index (κ2) is 3.29. The average Bonchev–Trinajstić information content (AvgIpc) is 2.51. The zero-order valence-corrected chi connectivity index (χ0v) is 8.25. The van der Waals surface area contributed by atoms with Gasteiger partial charge in [-0.05, 0) is 5.92 Å². The van der Waals surface area contributed by atoms with Gasteiger partial charge in [0.25, 0.3) is 0 Å². The van der Waals surface area contributed by atoms with Crippen molar-refractivity contribution in [2.75, 3.05) is 18.0 Å². The lowest BCUT2D eigenvalue weighted by Gasteiger charge is -2.27. The van der Waals surface area contributed by atoms with Gasteiger partial charge < -0.3 is 9.88 Å². The van der Waals surface area contributed by atoms with Gasteiger partial charge in [-0.25, -0.2) is 0 Å². The van der Waals surface area contributed by atoms with Crippen LogP contribution in [-0.2, 0) is 0 Å². The molecule has 0 radical (unpaired) electrons. The van der Waals surface area contributed by atoms with Gasteiger partial charge in [-0.3, -0.25) is 0 Å². The Balaban J connectivity index is 0.000000980. The summed E-state index contributed by atoms with van der Waals surface area (Å²) in [7, 11) is 0. The number of hydrogen-bond donors (Lipinski definition) is 1. The predicted octanol–water partition coefficient (Wildman–Crippen LogP) is 2.62. The fraction of sp³-hybridized carbons (Fsp3) is 0.455. The second-order valence-corrected chi connectivity index (χ2v) is 4.00. The number of nitrogens with zero attached hydrogens (tertiary/aromatic N) is 1. The first-order valence-corrected chi connectivity index (χ1v) is 4.85. The van der Waals surface area contributed by atoms with Crippen LogP contribution in [0.15, 0.2) is 18.5 Å². The van der Waals surface area contributed by atoms with Crippen molar-refractivity contribution in [2.45, 2.75) is 13.8 Å². The molecule has 2 heterocycles. The second-order valence-electron chi connectivity index (χ2n) is 4.00. The van der Waals surface area contributed by atoms with Gasteiger partial charge in [0, 0.05) is 31.0 Å². The Bertz CT molecular complexity index is 315. The van der Waals surface area contributed by atoms with Crippen molar-refractivity contribution in [1.82, 2.24) is 4.98 Å². The maximum Gasteiger partial charge on any atom is 1.00 e. The molecule has 70 valence electrons. The lowest BCUT2D eigenvalue weighted by Crippen LogP contribution is -2.29. The van der Waals surface area contributed by atoms with E-state index >= 15 is 0 Å². The maximum absolute atomic E-state index is 3.15. The van der Waals surface area contributed by atoms with E-state index in [2.05, 4.69) is 48.3 Å². The zero-order chi connectivity index (χ0) is 9.26. The fourth-order valence-electron chi connectivity index (χ4n) is 1.79. The minimum Gasteiger partial charge on any atom is -0.366 e. The normalized spacial score (nSPS) is 15.2. The fourth-order valence-corrected chi connectivity index (χ4v) is 1.79. The molecule has 0 bridgehead atoms. The van der Waals surface area contributed by atoms with Gasteiger partial charge in [0.1, 0.15) is 0 Å². The van der Waals surface area contributed by atoms with E-state index in [0.29, 0.717) is 5.92 Å². The van der Waals surface area contributed by atoms with Crippen molar-refractivity contribution in [3.8, 4) is 0 Å². The van der Waals surface area contributed by atoms with Crippen LogP contribution in [0.1, 0.15) is 20.8 Å². The summed E-state index contributed by atoms with van der Waals surface area (Å²) >= 11 is 0. The third kappa shape index (κ3) is 1.62. The number of H-pyrrole nitrogens is 1. The molecule has 0 atom stereocenters. The molecule has 0 aliphatic carbocycles. The third-order valence-corrected chi connectivity index (χ3v) is 2.30. The van der Waals surface area contributed by atoms with E-state index in [1.165, 1.54) is 11.3 Å². The van der Waals surface area contributed by atoms with E-state index in [-0.39, 0.29) is 1.43 Å². The monoisotopic (exact) mass is 177 g/mol. The average molecular weight is 177 g/mol. The SMILES string of the molecule is CC(C)CN1CC=Cc2c[nH]cc21.[H+]. The minimum atomic E-state index is 0. The highest BCUT2D eigenvalue weighted by Crippen LogP contribution is 2.25. The van der Waals surface area contributed by atoms with Crippen LogP contribution in [0.3, 0.4) is 0 Å². The molecule has 0 saturated heterocycles. The van der Waals surface area contributed by atoms with Gasteiger partial charge in [-0.2, -0.15) is 0 Å². The standard InChI is InChI=1S/C11H16N2/c1-9(2)8-13-5-3-4-10-6-12-7-11(10)13/h3-4,6-7,9,12H,5,8H2,1-2H3/p+1. The Morgan fingerprint density at radius 1 is 1.54 bits per heavy atom. The quantitative estimate of drug-likeness (QED) is 0.735. The van der Waals surface area contributed by atoms with Gasteiger partial charge in [0.15, 0.2) is 0 Å². The highest BCUT2D eigenvalue weighted by molar-refractivity contribution is 5.70. The molecule has 0 fully saturated rings. The third-order valence-electron chi connectivity index (χ3n) is 2.30. The van der Waals surface area contributed by atoms with E-state index in [9.17, 15) is 0 Å². The van der Waals surface area contributed by atoms with Crippen molar-refractivity contribution in [3.05, 3.63) is 24.0 Å². The van der Waals surface area contributed by atoms with Crippen LogP contribution < -0.4 is 4.90 Å². The first-order valence-electron chi connectivity index (χ1n) is 4.85. The summed E-state index contributed by atoms with van der Waals surface area (Å²) in [5.74, 6) is 0.717. The highest BCUT2D eigenvalue weighted by Gasteiger charge is 2.13. The Morgan fingerprint density at radius 3 is 3.15 bits per heavy atom. The molecule has 13 heavy (non-hydrogen) atoms. The molecule has 2 nitrogen and oxygen atoms in total. The number of nitrogens with one attached hydrogen (secondary N) is 1. The lowest BCUT2D eigenvalue weighted by molar-refractivity contribution is 0.625. The lowest BCUT2D eigenvalue weighted by atomic mass is 10.1. The molecule has 1 aliphatic heterocycles. The van der Waals surface area contributed by atoms with E-state index in [1.807, 2.05) is 0 Å². The van der Waals surface area contributed by atoms with Gasteiger partial charge >= 0.3 is 1.43 Å². The van der Waals surface area contributed by atoms with Crippen molar-refractivity contribution < 1.29 is 1.43 Å². The molecule has 1 N–H and O–H groups in total. The highest BCUT2D eigenvalue weighted by atomic mass is 15.1. The molecular formula is C11H17N2+. The number of hydrogen-bond acceptors (Lipinski definition) is 1. The number of fused-ring (bicyclic) bond motifs is 1. The van der Waals surface area contributed by atoms with E-state index in [0.717, 1.165) is 13.1 Å². The smallest absolute Gasteiger partial charge is 0.366 e. The minimum absolute atomic E-state index is 0. The number of aromatic amines is 1. The van der Waals surface area contributed by atoms with Gasteiger partial charge in [-0.15, -0.1) is 0 Å². The van der Waals surface area contributed by atoms with Crippen LogP contribution in [0.2, 0.25) is 0 Å². The van der Waals surface area contributed by atoms with Crippen molar-refractivity contribution in [3.63, 3.8) is 0 Å². The van der Waals surface area contributed by atoms with E-state index < -0.39 is 0 Å². The first kappa shape index (κ1) is 8.42. The molecular weight excluding hydrogens is 160 g/mol. The van der Waals surface area contributed by atoms with Crippen LogP contribution in [0.5, 0.6) is 0 Å². The molecule has 0 unspecified atom stereocenters. The first-order chi connectivity index (χ1) is 6.27. The number of aromatic nitrogens is 1. The van der Waals surface area contributed by atoms with Crippen LogP contribution in [0.4, 0.5) is 5.69 Å². The molecule has 0 aromatic carbocycles. The molecule has 0 amide bonds. The van der Waals surface area contributed by atoms with Crippen molar-refractivity contribution in [2.24, 2.45) is 5.92 Å². The van der Waals surface area contributed by atoms with Crippen LogP contribution in [-0.4, -0.2) is 18.1 Å². The van der Waals surface area contributed by atoms with Gasteiger partial charge in [0.2, 0.25) is 0 Å². The summed E-state index contributed by atoms with van der Waals surface area (Å²) in [5, 5.41) is 0. The number of anilines is 1. The van der Waals surface area contributed by atoms with Crippen LogP contribution in [0.25, 0.3) is 6.08 Å². The van der Waals surface area contributed by atoms with Crippen molar-refractivity contribution in [1.29, 1.82) is 0 Å². The Kier molecular flexibility index (Phi) is 2.13. The zero-order valence-electron chi connectivity index (χ0n) is 9.25. The Hall–Kier alpha value is -1.18. The molecule has 2 rings (SSSR count). The summed E-state index contributed by atoms with van der Waals surface area (Å²) in [6, 6.07) is 0. The Labute approximate surface area is 80.7 Å². The molecule has 0 spiro atoms. The maximum atomic E-state index is 3.15.